The van der Waals surface area contributed by atoms with Crippen LogP contribution in [0.3, 0.4) is 0 Å². The Hall–Kier alpha value is -4.79. The average molecular weight is 469 g/mol. The van der Waals surface area contributed by atoms with E-state index in [-0.39, 0.29) is 11.6 Å². The summed E-state index contributed by atoms with van der Waals surface area (Å²) in [5.74, 6) is -0.233. The van der Waals surface area contributed by atoms with Crippen LogP contribution in [-0.2, 0) is 11.3 Å². The number of pyridine rings is 1. The lowest BCUT2D eigenvalue weighted by atomic mass is 10.1. The zero-order valence-corrected chi connectivity index (χ0v) is 18.9. The van der Waals surface area contributed by atoms with Crippen molar-refractivity contribution in [2.45, 2.75) is 6.54 Å². The van der Waals surface area contributed by atoms with Gasteiger partial charge in [0.2, 0.25) is 5.91 Å². The molecule has 4 rings (SSSR count). The molecule has 0 saturated carbocycles. The van der Waals surface area contributed by atoms with E-state index < -0.39 is 4.92 Å². The number of nitro groups is 1. The highest BCUT2D eigenvalue weighted by atomic mass is 16.6. The second-order valence-electron chi connectivity index (χ2n) is 7.71. The maximum absolute atomic E-state index is 12.4. The van der Waals surface area contributed by atoms with Gasteiger partial charge in [0.25, 0.3) is 5.69 Å². The lowest BCUT2D eigenvalue weighted by Crippen LogP contribution is -2.27. The highest BCUT2D eigenvalue weighted by Crippen LogP contribution is 2.23. The molecule has 0 aliphatic rings. The van der Waals surface area contributed by atoms with E-state index in [1.165, 1.54) is 18.2 Å². The number of non-ortho nitro benzene ring substituents is 1. The van der Waals surface area contributed by atoms with Crippen molar-refractivity contribution >= 4 is 23.4 Å². The topological polar surface area (TPSA) is 115 Å². The molecular formula is C26H24N6O3. The molecule has 1 amide bonds. The third-order valence-corrected chi connectivity index (χ3v) is 5.16. The number of aromatic nitrogens is 3. The van der Waals surface area contributed by atoms with Crippen LogP contribution in [-0.4, -0.2) is 38.7 Å². The second kappa shape index (κ2) is 11.4. The minimum Gasteiger partial charge on any atom is -0.383 e. The van der Waals surface area contributed by atoms with Crippen molar-refractivity contribution in [1.29, 1.82) is 0 Å². The van der Waals surface area contributed by atoms with Crippen molar-refractivity contribution in [2.24, 2.45) is 0 Å². The molecule has 0 spiro atoms. The first-order valence-corrected chi connectivity index (χ1v) is 11.0. The fraction of sp³-hybridized carbons (Fsp3) is 0.115. The Labute approximate surface area is 202 Å². The summed E-state index contributed by atoms with van der Waals surface area (Å²) < 4.78 is 1.85. The molecule has 0 unspecified atom stereocenters. The Morgan fingerprint density at radius 3 is 2.54 bits per heavy atom. The molecule has 2 aromatic heterocycles. The van der Waals surface area contributed by atoms with Gasteiger partial charge in [0.05, 0.1) is 11.5 Å². The molecule has 2 N–H and O–H groups in total. The molecule has 0 saturated heterocycles. The molecule has 0 radical (unpaired) electrons. The molecule has 9 nitrogen and oxygen atoms in total. The van der Waals surface area contributed by atoms with Gasteiger partial charge in [0.1, 0.15) is 5.69 Å². The van der Waals surface area contributed by atoms with Crippen molar-refractivity contribution in [3.05, 3.63) is 113 Å². The Balaban J connectivity index is 1.36. The number of benzene rings is 2. The molecule has 4 aromatic rings. The number of nitrogens with zero attached hydrogens (tertiary/aromatic N) is 4. The van der Waals surface area contributed by atoms with E-state index in [1.807, 2.05) is 53.3 Å². The third kappa shape index (κ3) is 6.61. The summed E-state index contributed by atoms with van der Waals surface area (Å²) >= 11 is 0. The van der Waals surface area contributed by atoms with Crippen LogP contribution in [0.4, 0.5) is 11.4 Å². The van der Waals surface area contributed by atoms with Gasteiger partial charge in [0.15, 0.2) is 0 Å². The van der Waals surface area contributed by atoms with Crippen molar-refractivity contribution in [1.82, 2.24) is 20.1 Å². The van der Waals surface area contributed by atoms with Gasteiger partial charge in [-0.05, 0) is 35.9 Å². The van der Waals surface area contributed by atoms with E-state index in [9.17, 15) is 14.9 Å². The summed E-state index contributed by atoms with van der Waals surface area (Å²) in [6.45, 7) is 1.48. The highest BCUT2D eigenvalue weighted by molar-refractivity contribution is 5.92. The molecule has 9 heteroatoms. The van der Waals surface area contributed by atoms with E-state index >= 15 is 0 Å². The first-order chi connectivity index (χ1) is 17.1. The Kier molecular flexibility index (Phi) is 7.59. The predicted octanol–water partition coefficient (Wildman–Crippen LogP) is 4.14. The van der Waals surface area contributed by atoms with E-state index in [0.29, 0.717) is 19.6 Å². The number of hydrogen-bond acceptors (Lipinski definition) is 6. The zero-order valence-electron chi connectivity index (χ0n) is 18.9. The van der Waals surface area contributed by atoms with Gasteiger partial charge in [-0.15, -0.1) is 0 Å². The molecule has 0 fully saturated rings. The Morgan fingerprint density at radius 1 is 1.03 bits per heavy atom. The smallest absolute Gasteiger partial charge is 0.269 e. The summed E-state index contributed by atoms with van der Waals surface area (Å²) in [6, 6.07) is 19.9. The molecule has 0 bridgehead atoms. The number of anilines is 1. The van der Waals surface area contributed by atoms with Crippen LogP contribution in [0.15, 0.2) is 91.4 Å². The van der Waals surface area contributed by atoms with Gasteiger partial charge in [-0.2, -0.15) is 5.10 Å². The Bertz CT molecular complexity index is 1300. The van der Waals surface area contributed by atoms with Crippen molar-refractivity contribution in [3.8, 4) is 11.3 Å². The van der Waals surface area contributed by atoms with E-state index in [2.05, 4.69) is 15.6 Å². The first-order valence-electron chi connectivity index (χ1n) is 11.0. The SMILES string of the molecule is O=C(/C=C/c1cn(Cc2ccccc2)nc1-c1cccnc1)NCCNc1ccc([N+](=O)[O-])cc1. The van der Waals surface area contributed by atoms with Crippen LogP contribution in [0.25, 0.3) is 17.3 Å². The van der Waals surface area contributed by atoms with Crippen molar-refractivity contribution in [3.63, 3.8) is 0 Å². The van der Waals surface area contributed by atoms with Crippen LogP contribution in [0.5, 0.6) is 0 Å². The quantitative estimate of drug-likeness (QED) is 0.156. The lowest BCUT2D eigenvalue weighted by Gasteiger charge is -2.06. The molecule has 0 aliphatic heterocycles. The van der Waals surface area contributed by atoms with Gasteiger partial charge in [-0.1, -0.05) is 30.3 Å². The summed E-state index contributed by atoms with van der Waals surface area (Å²) in [5, 5.41) is 21.4. The maximum Gasteiger partial charge on any atom is 0.269 e. The largest absolute Gasteiger partial charge is 0.383 e. The number of amides is 1. The minimum atomic E-state index is -0.443. The summed E-state index contributed by atoms with van der Waals surface area (Å²) in [7, 11) is 0. The first kappa shape index (κ1) is 23.4. The molecule has 2 aromatic carbocycles. The predicted molar refractivity (Wildman–Crippen MR) is 135 cm³/mol. The number of carbonyl (C=O) groups is 1. The monoisotopic (exact) mass is 468 g/mol. The van der Waals surface area contributed by atoms with Crippen LogP contribution in [0.1, 0.15) is 11.1 Å². The summed E-state index contributed by atoms with van der Waals surface area (Å²) in [5.41, 5.74) is 4.33. The molecule has 176 valence electrons. The second-order valence-corrected chi connectivity index (χ2v) is 7.71. The molecule has 2 heterocycles. The summed E-state index contributed by atoms with van der Waals surface area (Å²) in [6.07, 6.45) is 8.59. The van der Waals surface area contributed by atoms with Crippen molar-refractivity contribution in [2.75, 3.05) is 18.4 Å². The molecule has 35 heavy (non-hydrogen) atoms. The molecule has 0 atom stereocenters. The normalized spacial score (nSPS) is 10.9. The fourth-order valence-electron chi connectivity index (χ4n) is 3.46. The number of nitro benzene ring substituents is 1. The van der Waals surface area contributed by atoms with Crippen LogP contribution in [0.2, 0.25) is 0 Å². The minimum absolute atomic E-state index is 0.0340. The zero-order chi connectivity index (χ0) is 24.5. The fourth-order valence-corrected chi connectivity index (χ4v) is 3.46. The number of carbonyl (C=O) groups excluding carboxylic acids is 1. The van der Waals surface area contributed by atoms with Gasteiger partial charge >= 0.3 is 0 Å². The standard InChI is InChI=1S/C26H24N6O3/c33-25(29-16-15-28-23-9-11-24(12-10-23)32(34)35)13-8-22-19-31(18-20-5-2-1-3-6-20)30-26(22)21-7-4-14-27-17-21/h1-14,17,19,28H,15-16,18H2,(H,29,33)/b13-8+. The summed E-state index contributed by atoms with van der Waals surface area (Å²) in [4.78, 5) is 26.8. The van der Waals surface area contributed by atoms with Crippen molar-refractivity contribution < 1.29 is 9.72 Å². The number of nitrogens with one attached hydrogen (secondary N) is 2. The lowest BCUT2D eigenvalue weighted by molar-refractivity contribution is -0.384. The number of hydrogen-bond donors (Lipinski definition) is 2. The van der Waals surface area contributed by atoms with E-state index in [0.717, 1.165) is 28.1 Å². The van der Waals surface area contributed by atoms with Crippen LogP contribution >= 0.6 is 0 Å². The number of rotatable bonds is 10. The molecular weight excluding hydrogens is 444 g/mol. The van der Waals surface area contributed by atoms with Crippen LogP contribution < -0.4 is 10.6 Å². The third-order valence-electron chi connectivity index (χ3n) is 5.16. The van der Waals surface area contributed by atoms with Crippen LogP contribution in [0, 0.1) is 10.1 Å². The van der Waals surface area contributed by atoms with E-state index in [4.69, 9.17) is 5.10 Å². The molecule has 0 aliphatic carbocycles. The highest BCUT2D eigenvalue weighted by Gasteiger charge is 2.10. The van der Waals surface area contributed by atoms with E-state index in [1.54, 1.807) is 30.6 Å². The van der Waals surface area contributed by atoms with Gasteiger partial charge in [0, 0.05) is 66.7 Å². The maximum atomic E-state index is 12.4. The van der Waals surface area contributed by atoms with Gasteiger partial charge in [-0.25, -0.2) is 0 Å². The van der Waals surface area contributed by atoms with Gasteiger partial charge < -0.3 is 10.6 Å². The Morgan fingerprint density at radius 2 is 1.83 bits per heavy atom. The average Bonchev–Trinajstić information content (AvgIpc) is 3.29. The van der Waals surface area contributed by atoms with Gasteiger partial charge in [-0.3, -0.25) is 24.6 Å².